The summed E-state index contributed by atoms with van der Waals surface area (Å²) in [4.78, 5) is 18.1. The molecule has 2 heterocycles. The fourth-order valence-electron chi connectivity index (χ4n) is 5.84. The van der Waals surface area contributed by atoms with E-state index in [0.29, 0.717) is 11.3 Å². The summed E-state index contributed by atoms with van der Waals surface area (Å²) in [6.45, 7) is 5.64. The van der Waals surface area contributed by atoms with Gasteiger partial charge in [-0.05, 0) is 44.0 Å². The van der Waals surface area contributed by atoms with Crippen LogP contribution in [0.3, 0.4) is 0 Å². The van der Waals surface area contributed by atoms with Gasteiger partial charge in [0.1, 0.15) is 17.6 Å². The van der Waals surface area contributed by atoms with E-state index in [1.807, 2.05) is 75.4 Å². The van der Waals surface area contributed by atoms with Gasteiger partial charge in [0.25, 0.3) is 0 Å². The minimum atomic E-state index is -2.02. The largest absolute Gasteiger partial charge is 0.495 e. The molecule has 0 unspecified atom stereocenters. The topological polar surface area (TPSA) is 101 Å². The zero-order valence-electron chi connectivity index (χ0n) is 20.5. The predicted molar refractivity (Wildman–Crippen MR) is 138 cm³/mol. The highest BCUT2D eigenvalue weighted by molar-refractivity contribution is 9.10. The zero-order chi connectivity index (χ0) is 25.9. The van der Waals surface area contributed by atoms with E-state index in [0.717, 1.165) is 10.0 Å². The highest BCUT2D eigenvalue weighted by Gasteiger charge is 2.78. The number of ether oxygens (including phenoxy) is 2. The minimum absolute atomic E-state index is 0.275. The number of methoxy groups -OCH3 is 1. The van der Waals surface area contributed by atoms with Crippen LogP contribution in [-0.4, -0.2) is 39.9 Å². The minimum Gasteiger partial charge on any atom is -0.495 e. The Labute approximate surface area is 218 Å². The number of nitrogens with one attached hydrogen (secondary N) is 1. The maximum atomic E-state index is 13.8. The molecule has 36 heavy (non-hydrogen) atoms. The van der Waals surface area contributed by atoms with Crippen LogP contribution in [0.15, 0.2) is 71.5 Å². The lowest BCUT2D eigenvalue weighted by Crippen LogP contribution is -2.52. The number of fused-ring (bicyclic) bond motifs is 3. The van der Waals surface area contributed by atoms with Gasteiger partial charge < -0.3 is 25.0 Å². The van der Waals surface area contributed by atoms with Crippen LogP contribution in [0.2, 0.25) is 0 Å². The summed E-state index contributed by atoms with van der Waals surface area (Å²) in [6.07, 6.45) is 1.46. The molecule has 3 aromatic rings. The maximum Gasteiger partial charge on any atom is 0.227 e. The molecule has 5 atom stereocenters. The molecule has 1 fully saturated rings. The number of hydrogen-bond acceptors (Lipinski definition) is 6. The Bertz CT molecular complexity index is 1290. The van der Waals surface area contributed by atoms with Gasteiger partial charge in [-0.15, -0.1) is 0 Å². The lowest BCUT2D eigenvalue weighted by atomic mass is 9.70. The average molecular weight is 553 g/mol. The van der Waals surface area contributed by atoms with E-state index in [2.05, 4.69) is 26.2 Å². The molecule has 1 aliphatic carbocycles. The van der Waals surface area contributed by atoms with Gasteiger partial charge in [0.05, 0.1) is 31.0 Å². The number of aromatic nitrogens is 1. The molecule has 7 nitrogen and oxygen atoms in total. The summed E-state index contributed by atoms with van der Waals surface area (Å²) in [6, 6.07) is 16.8. The van der Waals surface area contributed by atoms with E-state index in [-0.39, 0.29) is 17.2 Å². The van der Waals surface area contributed by atoms with Gasteiger partial charge >= 0.3 is 0 Å². The number of aliphatic hydroxyl groups excluding tert-OH is 1. The summed E-state index contributed by atoms with van der Waals surface area (Å²) in [5.41, 5.74) is -2.47. The Morgan fingerprint density at radius 3 is 2.39 bits per heavy atom. The lowest BCUT2D eigenvalue weighted by Gasteiger charge is -2.40. The van der Waals surface area contributed by atoms with E-state index in [1.165, 1.54) is 19.5 Å². The average Bonchev–Trinajstić information content (AvgIpc) is 3.22. The first kappa shape index (κ1) is 24.7. The molecular formula is C28H29BrN2O5. The highest BCUT2D eigenvalue weighted by Crippen LogP contribution is 2.69. The van der Waals surface area contributed by atoms with E-state index in [4.69, 9.17) is 9.47 Å². The van der Waals surface area contributed by atoms with Gasteiger partial charge in [-0.25, -0.2) is 0 Å². The SMILES string of the molecule is COc1cncc2c1[C@]1(O)[C@H](O)[C@H](C(=O)NC(C)(C)C)[C@@H](c3ccccc3)[C@]1(c1ccc(Br)cc1)O2. The van der Waals surface area contributed by atoms with Crippen LogP contribution in [0.25, 0.3) is 0 Å². The lowest BCUT2D eigenvalue weighted by molar-refractivity contribution is -0.154. The van der Waals surface area contributed by atoms with Crippen LogP contribution >= 0.6 is 15.9 Å². The number of pyridine rings is 1. The second kappa shape index (κ2) is 8.57. The summed E-state index contributed by atoms with van der Waals surface area (Å²) in [5.74, 6) is -1.59. The highest BCUT2D eigenvalue weighted by atomic mass is 79.9. The van der Waals surface area contributed by atoms with Gasteiger partial charge in [0.15, 0.2) is 11.2 Å². The van der Waals surface area contributed by atoms with Crippen molar-refractivity contribution in [2.75, 3.05) is 7.11 Å². The van der Waals surface area contributed by atoms with Gasteiger partial charge in [0, 0.05) is 15.9 Å². The maximum absolute atomic E-state index is 13.8. The van der Waals surface area contributed by atoms with Crippen molar-refractivity contribution < 1.29 is 24.5 Å². The number of halogens is 1. The molecule has 1 aliphatic heterocycles. The standard InChI is InChI=1S/C28H29BrN2O5/c1-26(2,3)31-25(33)21-22(16-8-6-5-7-9-16)28(17-10-12-18(29)13-11-17)27(34,24(21)32)23-19(35-4)14-30-15-20(23)36-28/h5-15,21-22,24,32,34H,1-4H3,(H,31,33)/t21-,22-,24-,27+,28+/m1/s1. The molecule has 1 amide bonds. The quantitative estimate of drug-likeness (QED) is 0.452. The molecule has 0 saturated heterocycles. The Hall–Kier alpha value is -2.94. The number of carbonyl (C=O) groups is 1. The van der Waals surface area contributed by atoms with E-state index < -0.39 is 34.7 Å². The van der Waals surface area contributed by atoms with E-state index in [9.17, 15) is 15.0 Å². The summed E-state index contributed by atoms with van der Waals surface area (Å²) in [7, 11) is 1.47. The molecule has 188 valence electrons. The third-order valence-corrected chi connectivity index (χ3v) is 7.64. The van der Waals surface area contributed by atoms with Crippen LogP contribution in [0.1, 0.15) is 43.4 Å². The monoisotopic (exact) mass is 552 g/mol. The normalized spacial score (nSPS) is 28.7. The van der Waals surface area contributed by atoms with Crippen molar-refractivity contribution in [3.05, 3.63) is 88.2 Å². The van der Waals surface area contributed by atoms with Crippen molar-refractivity contribution in [3.63, 3.8) is 0 Å². The molecule has 5 rings (SSSR count). The fraction of sp³-hybridized carbons (Fsp3) is 0.357. The summed E-state index contributed by atoms with van der Waals surface area (Å²) in [5, 5.41) is 27.7. The van der Waals surface area contributed by atoms with E-state index in [1.54, 1.807) is 0 Å². The third kappa shape index (κ3) is 3.46. The molecule has 1 saturated carbocycles. The summed E-state index contributed by atoms with van der Waals surface area (Å²) >= 11 is 3.48. The number of aliphatic hydroxyl groups is 2. The van der Waals surface area contributed by atoms with Crippen LogP contribution < -0.4 is 14.8 Å². The molecule has 0 bridgehead atoms. The van der Waals surface area contributed by atoms with Crippen LogP contribution in [0.5, 0.6) is 11.5 Å². The van der Waals surface area contributed by atoms with Crippen molar-refractivity contribution in [2.45, 2.75) is 49.5 Å². The van der Waals surface area contributed by atoms with Crippen molar-refractivity contribution in [2.24, 2.45) is 5.92 Å². The second-order valence-electron chi connectivity index (χ2n) is 10.4. The van der Waals surface area contributed by atoms with Crippen molar-refractivity contribution in [1.82, 2.24) is 10.3 Å². The molecule has 0 spiro atoms. The van der Waals surface area contributed by atoms with Crippen molar-refractivity contribution in [3.8, 4) is 11.5 Å². The number of carbonyl (C=O) groups excluding carboxylic acids is 1. The smallest absolute Gasteiger partial charge is 0.227 e. The van der Waals surface area contributed by atoms with Gasteiger partial charge in [0.2, 0.25) is 5.91 Å². The van der Waals surface area contributed by atoms with Crippen molar-refractivity contribution >= 4 is 21.8 Å². The second-order valence-corrected chi connectivity index (χ2v) is 11.3. The van der Waals surface area contributed by atoms with Gasteiger partial charge in [-0.3, -0.25) is 9.78 Å². The molecule has 2 aliphatic rings. The Morgan fingerprint density at radius 2 is 1.78 bits per heavy atom. The molecule has 3 N–H and O–H groups in total. The summed E-state index contributed by atoms with van der Waals surface area (Å²) < 4.78 is 13.1. The Kier molecular flexibility index (Phi) is 5.89. The zero-order valence-corrected chi connectivity index (χ0v) is 22.1. The van der Waals surface area contributed by atoms with Gasteiger partial charge in [-0.2, -0.15) is 0 Å². The van der Waals surface area contributed by atoms with E-state index >= 15 is 0 Å². The first-order chi connectivity index (χ1) is 17.0. The number of hydrogen-bond donors (Lipinski definition) is 3. The number of rotatable bonds is 4. The molecule has 0 radical (unpaired) electrons. The fourth-order valence-corrected chi connectivity index (χ4v) is 6.10. The predicted octanol–water partition coefficient (Wildman–Crippen LogP) is 4.02. The third-order valence-electron chi connectivity index (χ3n) is 7.11. The first-order valence-corrected chi connectivity index (χ1v) is 12.6. The molecule has 1 aromatic heterocycles. The Morgan fingerprint density at radius 1 is 1.11 bits per heavy atom. The van der Waals surface area contributed by atoms with Crippen molar-refractivity contribution in [1.29, 1.82) is 0 Å². The van der Waals surface area contributed by atoms with Crippen LogP contribution in [-0.2, 0) is 16.0 Å². The number of amides is 1. The molecular weight excluding hydrogens is 524 g/mol. The number of nitrogens with zero attached hydrogens (tertiary/aromatic N) is 1. The van der Waals surface area contributed by atoms with Crippen LogP contribution in [0.4, 0.5) is 0 Å². The molecule has 8 heteroatoms. The Balaban J connectivity index is 1.85. The molecule has 2 aromatic carbocycles. The number of benzene rings is 2. The van der Waals surface area contributed by atoms with Gasteiger partial charge in [-0.1, -0.05) is 58.4 Å². The first-order valence-electron chi connectivity index (χ1n) is 11.8. The van der Waals surface area contributed by atoms with Crippen LogP contribution in [0, 0.1) is 5.92 Å².